The highest BCUT2D eigenvalue weighted by molar-refractivity contribution is 9.11. The van der Waals surface area contributed by atoms with Gasteiger partial charge in [0, 0.05) is 0 Å². The second-order valence-electron chi connectivity index (χ2n) is 4.05. The standard InChI is InChI=1S/C14H10Br2N2O3/c15-10-5-8(6-11(16)13(10)20)7-17-18-14(21)9-3-1-2-4-12(9)19/h1-7,19-20H,(H,18,21)/b17-7+. The lowest BCUT2D eigenvalue weighted by molar-refractivity contribution is 0.0952. The minimum atomic E-state index is -0.513. The number of halogens is 2. The SMILES string of the molecule is O=C(N/N=C/c1cc(Br)c(O)c(Br)c1)c1ccccc1O. The van der Waals surface area contributed by atoms with E-state index in [-0.39, 0.29) is 17.1 Å². The quantitative estimate of drug-likeness (QED) is 0.532. The molecule has 0 spiro atoms. The minimum Gasteiger partial charge on any atom is -0.507 e. The molecule has 0 unspecified atom stereocenters. The molecule has 0 aromatic heterocycles. The van der Waals surface area contributed by atoms with Crippen molar-refractivity contribution in [3.8, 4) is 11.5 Å². The van der Waals surface area contributed by atoms with Gasteiger partial charge in [-0.25, -0.2) is 5.43 Å². The highest BCUT2D eigenvalue weighted by atomic mass is 79.9. The summed E-state index contributed by atoms with van der Waals surface area (Å²) in [7, 11) is 0. The molecule has 0 saturated carbocycles. The number of carbonyl (C=O) groups excluding carboxylic acids is 1. The van der Waals surface area contributed by atoms with Crippen LogP contribution in [0.15, 0.2) is 50.4 Å². The van der Waals surface area contributed by atoms with E-state index in [1.807, 2.05) is 0 Å². The summed E-state index contributed by atoms with van der Waals surface area (Å²) in [6, 6.07) is 9.49. The van der Waals surface area contributed by atoms with Gasteiger partial charge in [-0.05, 0) is 61.7 Å². The molecule has 3 N–H and O–H groups in total. The molecule has 0 aliphatic carbocycles. The number of hydrazone groups is 1. The van der Waals surface area contributed by atoms with Crippen molar-refractivity contribution in [2.75, 3.05) is 0 Å². The van der Waals surface area contributed by atoms with E-state index in [2.05, 4.69) is 42.4 Å². The van der Waals surface area contributed by atoms with Crippen LogP contribution in [0, 0.1) is 0 Å². The molecule has 2 aromatic carbocycles. The number of phenolic OH excluding ortho intramolecular Hbond substituents is 2. The van der Waals surface area contributed by atoms with Gasteiger partial charge in [0.1, 0.15) is 11.5 Å². The van der Waals surface area contributed by atoms with Crippen LogP contribution in [0.2, 0.25) is 0 Å². The van der Waals surface area contributed by atoms with Gasteiger partial charge in [0.25, 0.3) is 5.91 Å². The van der Waals surface area contributed by atoms with Crippen LogP contribution in [0.25, 0.3) is 0 Å². The van der Waals surface area contributed by atoms with Crippen molar-refractivity contribution in [2.45, 2.75) is 0 Å². The van der Waals surface area contributed by atoms with E-state index in [9.17, 15) is 15.0 Å². The van der Waals surface area contributed by atoms with Gasteiger partial charge in [0.05, 0.1) is 20.7 Å². The lowest BCUT2D eigenvalue weighted by atomic mass is 10.2. The first-order chi connectivity index (χ1) is 9.99. The maximum atomic E-state index is 11.8. The van der Waals surface area contributed by atoms with Crippen molar-refractivity contribution >= 4 is 44.0 Å². The Morgan fingerprint density at radius 1 is 1.14 bits per heavy atom. The van der Waals surface area contributed by atoms with Crippen LogP contribution < -0.4 is 5.43 Å². The van der Waals surface area contributed by atoms with Crippen molar-refractivity contribution in [1.29, 1.82) is 0 Å². The van der Waals surface area contributed by atoms with Gasteiger partial charge in [-0.1, -0.05) is 12.1 Å². The summed E-state index contributed by atoms with van der Waals surface area (Å²) in [5.41, 5.74) is 3.13. The highest BCUT2D eigenvalue weighted by Crippen LogP contribution is 2.32. The van der Waals surface area contributed by atoms with Crippen LogP contribution in [0.5, 0.6) is 11.5 Å². The first-order valence-electron chi connectivity index (χ1n) is 5.78. The molecule has 2 aromatic rings. The number of hydrogen-bond donors (Lipinski definition) is 3. The number of para-hydroxylation sites is 1. The first-order valence-corrected chi connectivity index (χ1v) is 7.37. The Morgan fingerprint density at radius 3 is 2.38 bits per heavy atom. The summed E-state index contributed by atoms with van der Waals surface area (Å²) < 4.78 is 1.01. The van der Waals surface area contributed by atoms with E-state index in [0.29, 0.717) is 14.5 Å². The van der Waals surface area contributed by atoms with Crippen LogP contribution in [0.1, 0.15) is 15.9 Å². The Labute approximate surface area is 137 Å². The van der Waals surface area contributed by atoms with E-state index in [0.717, 1.165) is 0 Å². The van der Waals surface area contributed by atoms with E-state index < -0.39 is 5.91 Å². The number of hydrogen-bond acceptors (Lipinski definition) is 4. The molecule has 1 amide bonds. The van der Waals surface area contributed by atoms with Crippen molar-refractivity contribution in [2.24, 2.45) is 5.10 Å². The average Bonchev–Trinajstić information content (AvgIpc) is 2.45. The number of amides is 1. The van der Waals surface area contributed by atoms with Crippen molar-refractivity contribution in [1.82, 2.24) is 5.43 Å². The minimum absolute atomic E-state index is 0.0883. The molecule has 0 radical (unpaired) electrons. The Morgan fingerprint density at radius 2 is 1.76 bits per heavy atom. The lowest BCUT2D eigenvalue weighted by Crippen LogP contribution is -2.17. The largest absolute Gasteiger partial charge is 0.507 e. The van der Waals surface area contributed by atoms with Crippen molar-refractivity contribution in [3.05, 3.63) is 56.5 Å². The number of rotatable bonds is 3. The number of carbonyl (C=O) groups is 1. The summed E-state index contributed by atoms with van der Waals surface area (Å²) in [6.45, 7) is 0. The van der Waals surface area contributed by atoms with E-state index in [1.165, 1.54) is 18.3 Å². The second-order valence-corrected chi connectivity index (χ2v) is 5.76. The van der Waals surface area contributed by atoms with Gasteiger partial charge < -0.3 is 10.2 Å². The predicted octanol–water partition coefficient (Wildman–Crippen LogP) is 3.39. The zero-order valence-electron chi connectivity index (χ0n) is 10.5. The molecule has 5 nitrogen and oxygen atoms in total. The average molecular weight is 414 g/mol. The normalized spacial score (nSPS) is 10.8. The van der Waals surface area contributed by atoms with Crippen LogP contribution >= 0.6 is 31.9 Å². The third-order valence-electron chi connectivity index (χ3n) is 2.57. The second kappa shape index (κ2) is 6.73. The fourth-order valence-electron chi connectivity index (χ4n) is 1.55. The Balaban J connectivity index is 2.10. The zero-order chi connectivity index (χ0) is 15.4. The molecular weight excluding hydrogens is 404 g/mol. The lowest BCUT2D eigenvalue weighted by Gasteiger charge is -2.03. The predicted molar refractivity (Wildman–Crippen MR) is 86.7 cm³/mol. The fraction of sp³-hybridized carbons (Fsp3) is 0. The Hall–Kier alpha value is -1.86. The zero-order valence-corrected chi connectivity index (χ0v) is 13.7. The smallest absolute Gasteiger partial charge is 0.275 e. The summed E-state index contributed by atoms with van der Waals surface area (Å²) in [4.78, 5) is 11.8. The number of aromatic hydroxyl groups is 2. The molecule has 0 aliphatic heterocycles. The Bertz CT molecular complexity index is 694. The third kappa shape index (κ3) is 3.83. The molecule has 0 bridgehead atoms. The molecule has 0 aliphatic rings. The molecule has 0 fully saturated rings. The first kappa shape index (κ1) is 15.5. The van der Waals surface area contributed by atoms with Crippen LogP contribution in [0.4, 0.5) is 0 Å². The van der Waals surface area contributed by atoms with E-state index in [4.69, 9.17) is 0 Å². The molecule has 0 saturated heterocycles. The molecule has 0 atom stereocenters. The fourth-order valence-corrected chi connectivity index (χ4v) is 2.77. The number of benzene rings is 2. The molecule has 7 heteroatoms. The monoisotopic (exact) mass is 412 g/mol. The van der Waals surface area contributed by atoms with Gasteiger partial charge in [0.15, 0.2) is 0 Å². The van der Waals surface area contributed by atoms with Gasteiger partial charge in [0.2, 0.25) is 0 Å². The molecule has 2 rings (SSSR count). The van der Waals surface area contributed by atoms with Crippen LogP contribution in [-0.2, 0) is 0 Å². The molecular formula is C14H10Br2N2O3. The van der Waals surface area contributed by atoms with Gasteiger partial charge in [-0.15, -0.1) is 0 Å². The number of nitrogens with one attached hydrogen (secondary N) is 1. The van der Waals surface area contributed by atoms with Crippen molar-refractivity contribution < 1.29 is 15.0 Å². The van der Waals surface area contributed by atoms with E-state index >= 15 is 0 Å². The van der Waals surface area contributed by atoms with Crippen LogP contribution in [-0.4, -0.2) is 22.3 Å². The maximum Gasteiger partial charge on any atom is 0.275 e. The van der Waals surface area contributed by atoms with Crippen molar-refractivity contribution in [3.63, 3.8) is 0 Å². The number of phenols is 2. The topological polar surface area (TPSA) is 81.9 Å². The number of nitrogens with zero attached hydrogens (tertiary/aromatic N) is 1. The third-order valence-corrected chi connectivity index (χ3v) is 3.78. The molecule has 21 heavy (non-hydrogen) atoms. The molecule has 0 heterocycles. The molecule has 108 valence electrons. The Kier molecular flexibility index (Phi) is 4.98. The van der Waals surface area contributed by atoms with Crippen LogP contribution in [0.3, 0.4) is 0 Å². The van der Waals surface area contributed by atoms with Gasteiger partial charge in [-0.2, -0.15) is 5.10 Å². The maximum absolute atomic E-state index is 11.8. The van der Waals surface area contributed by atoms with Gasteiger partial charge in [-0.3, -0.25) is 4.79 Å². The highest BCUT2D eigenvalue weighted by Gasteiger charge is 2.09. The summed E-state index contributed by atoms with van der Waals surface area (Å²) >= 11 is 6.40. The summed E-state index contributed by atoms with van der Waals surface area (Å²) in [6.07, 6.45) is 1.42. The summed E-state index contributed by atoms with van der Waals surface area (Å²) in [5.74, 6) is -0.535. The summed E-state index contributed by atoms with van der Waals surface area (Å²) in [5, 5.41) is 22.9. The van der Waals surface area contributed by atoms with Gasteiger partial charge >= 0.3 is 0 Å². The van der Waals surface area contributed by atoms with E-state index in [1.54, 1.807) is 24.3 Å².